The molecule has 0 rings (SSSR count). The van der Waals surface area contributed by atoms with Gasteiger partial charge in [0.25, 0.3) is 0 Å². The van der Waals surface area contributed by atoms with Crippen LogP contribution in [0.1, 0.15) is 54.9 Å². The summed E-state index contributed by atoms with van der Waals surface area (Å²) in [4.78, 5) is 2.17. The van der Waals surface area contributed by atoms with Crippen LogP contribution in [0.25, 0.3) is 0 Å². The van der Waals surface area contributed by atoms with Crippen LogP contribution < -0.4 is 0 Å². The van der Waals surface area contributed by atoms with Crippen LogP contribution in [0, 0.1) is 10.8 Å². The number of rotatable bonds is 5. The molecule has 0 spiro atoms. The van der Waals surface area contributed by atoms with E-state index in [1.807, 2.05) is 0 Å². The van der Waals surface area contributed by atoms with E-state index in [9.17, 15) is 0 Å². The lowest BCUT2D eigenvalue weighted by atomic mass is 9.69. The molecule has 0 heterocycles. The molecule has 0 saturated carbocycles. The van der Waals surface area contributed by atoms with Gasteiger partial charge in [0.05, 0.1) is 12.2 Å². The van der Waals surface area contributed by atoms with E-state index in [-0.39, 0.29) is 11.0 Å². The van der Waals surface area contributed by atoms with E-state index in [0.717, 1.165) is 19.6 Å². The van der Waals surface area contributed by atoms with Gasteiger partial charge in [0, 0.05) is 6.54 Å². The minimum atomic E-state index is -0.0682. The normalized spacial score (nSPS) is 17.3. The Morgan fingerprint density at radius 2 is 1.35 bits per heavy atom. The average molecular weight is 243 g/mol. The predicted octanol–water partition coefficient (Wildman–Crippen LogP) is 3.81. The Morgan fingerprint density at radius 3 is 1.65 bits per heavy atom. The van der Waals surface area contributed by atoms with Gasteiger partial charge in [-0.2, -0.15) is 0 Å². The summed E-state index contributed by atoms with van der Waals surface area (Å²) in [5, 5.41) is 0. The fraction of sp³-hybridized carbons (Fsp3) is 1.00. The zero-order valence-electron chi connectivity index (χ0n) is 13.5. The summed E-state index contributed by atoms with van der Waals surface area (Å²) in [6.45, 7) is 17.7. The number of ether oxygens (including phenoxy) is 1. The molecular formula is C15H33NO. The summed E-state index contributed by atoms with van der Waals surface area (Å²) in [7, 11) is 4.17. The van der Waals surface area contributed by atoms with Crippen LogP contribution in [0.2, 0.25) is 0 Å². The van der Waals surface area contributed by atoms with Crippen molar-refractivity contribution in [3.8, 4) is 0 Å². The number of hydrogen-bond acceptors (Lipinski definition) is 2. The minimum absolute atomic E-state index is 0.0682. The Hall–Kier alpha value is -0.0800. The Kier molecular flexibility index (Phi) is 5.68. The lowest BCUT2D eigenvalue weighted by Gasteiger charge is -2.45. The molecule has 1 unspecified atom stereocenters. The summed E-state index contributed by atoms with van der Waals surface area (Å²) in [6.07, 6.45) is 1.08. The molecule has 0 N–H and O–H groups in total. The lowest BCUT2D eigenvalue weighted by molar-refractivity contribution is -0.126. The highest BCUT2D eigenvalue weighted by molar-refractivity contribution is 4.91. The molecule has 0 fully saturated rings. The van der Waals surface area contributed by atoms with Gasteiger partial charge >= 0.3 is 0 Å². The maximum atomic E-state index is 6.24. The first-order valence-corrected chi connectivity index (χ1v) is 6.66. The van der Waals surface area contributed by atoms with Crippen molar-refractivity contribution in [3.63, 3.8) is 0 Å². The molecular weight excluding hydrogens is 210 g/mol. The molecule has 0 aliphatic carbocycles. The summed E-state index contributed by atoms with van der Waals surface area (Å²) in [6, 6.07) is 0. The molecule has 0 aromatic carbocycles. The van der Waals surface area contributed by atoms with Crippen molar-refractivity contribution in [1.29, 1.82) is 0 Å². The molecule has 0 aromatic rings. The van der Waals surface area contributed by atoms with Crippen molar-refractivity contribution in [2.24, 2.45) is 10.8 Å². The third-order valence-corrected chi connectivity index (χ3v) is 3.41. The van der Waals surface area contributed by atoms with Crippen LogP contribution in [-0.2, 0) is 4.74 Å². The van der Waals surface area contributed by atoms with Crippen molar-refractivity contribution in [2.75, 3.05) is 27.2 Å². The van der Waals surface area contributed by atoms with Crippen LogP contribution in [0.5, 0.6) is 0 Å². The van der Waals surface area contributed by atoms with Crippen LogP contribution in [-0.4, -0.2) is 37.7 Å². The Balaban J connectivity index is 4.64. The maximum absolute atomic E-state index is 6.24. The zero-order valence-corrected chi connectivity index (χ0v) is 13.5. The second-order valence-electron chi connectivity index (χ2n) is 7.87. The van der Waals surface area contributed by atoms with Crippen LogP contribution in [0.3, 0.4) is 0 Å². The zero-order chi connectivity index (χ0) is 13.9. The largest absolute Gasteiger partial charge is 0.373 e. The van der Waals surface area contributed by atoms with Crippen LogP contribution >= 0.6 is 0 Å². The van der Waals surface area contributed by atoms with Crippen molar-refractivity contribution in [2.45, 2.75) is 60.5 Å². The SMILES string of the molecule is CN(C)CCOC(C)(CC(C)(C)C)C(C)(C)C. The number of nitrogens with zero attached hydrogens (tertiary/aromatic N) is 1. The van der Waals surface area contributed by atoms with Gasteiger partial charge in [-0.15, -0.1) is 0 Å². The topological polar surface area (TPSA) is 12.5 Å². The third kappa shape index (κ3) is 6.42. The molecule has 0 saturated heterocycles. The van der Waals surface area contributed by atoms with Crippen molar-refractivity contribution < 1.29 is 4.74 Å². The molecule has 0 radical (unpaired) electrons. The summed E-state index contributed by atoms with van der Waals surface area (Å²) in [5.41, 5.74) is 0.383. The molecule has 104 valence electrons. The van der Waals surface area contributed by atoms with Gasteiger partial charge in [0.1, 0.15) is 0 Å². The molecule has 17 heavy (non-hydrogen) atoms. The van der Waals surface area contributed by atoms with Gasteiger partial charge in [0.2, 0.25) is 0 Å². The maximum Gasteiger partial charge on any atom is 0.0708 e. The Labute approximate surface area is 109 Å². The molecule has 1 atom stereocenters. The van der Waals surface area contributed by atoms with E-state index in [2.05, 4.69) is 67.5 Å². The molecule has 2 nitrogen and oxygen atoms in total. The molecule has 0 aromatic heterocycles. The van der Waals surface area contributed by atoms with Gasteiger partial charge in [-0.1, -0.05) is 41.5 Å². The van der Waals surface area contributed by atoms with Crippen molar-refractivity contribution >= 4 is 0 Å². The van der Waals surface area contributed by atoms with E-state index >= 15 is 0 Å². The second-order valence-corrected chi connectivity index (χ2v) is 7.87. The van der Waals surface area contributed by atoms with Crippen molar-refractivity contribution in [3.05, 3.63) is 0 Å². The van der Waals surface area contributed by atoms with Gasteiger partial charge in [0.15, 0.2) is 0 Å². The molecule has 2 heteroatoms. The smallest absolute Gasteiger partial charge is 0.0708 e. The minimum Gasteiger partial charge on any atom is -0.373 e. The van der Waals surface area contributed by atoms with Crippen LogP contribution in [0.15, 0.2) is 0 Å². The van der Waals surface area contributed by atoms with E-state index in [0.29, 0.717) is 5.41 Å². The van der Waals surface area contributed by atoms with E-state index < -0.39 is 0 Å². The monoisotopic (exact) mass is 243 g/mol. The van der Waals surface area contributed by atoms with E-state index in [1.165, 1.54) is 0 Å². The van der Waals surface area contributed by atoms with Gasteiger partial charge in [-0.3, -0.25) is 0 Å². The van der Waals surface area contributed by atoms with E-state index in [1.54, 1.807) is 0 Å². The third-order valence-electron chi connectivity index (χ3n) is 3.41. The first kappa shape index (κ1) is 16.9. The number of likely N-dealkylation sites (N-methyl/N-ethyl adjacent to an activating group) is 1. The number of hydrogen-bond donors (Lipinski definition) is 0. The Morgan fingerprint density at radius 1 is 0.882 bits per heavy atom. The molecule has 0 bridgehead atoms. The summed E-state index contributed by atoms with van der Waals surface area (Å²) >= 11 is 0. The van der Waals surface area contributed by atoms with Gasteiger partial charge in [-0.25, -0.2) is 0 Å². The van der Waals surface area contributed by atoms with Crippen molar-refractivity contribution in [1.82, 2.24) is 4.90 Å². The standard InChI is InChI=1S/C15H33NO/c1-13(2,3)12-15(7,14(4,5)6)17-11-10-16(8)9/h10-12H2,1-9H3. The van der Waals surface area contributed by atoms with Crippen LogP contribution in [0.4, 0.5) is 0 Å². The average Bonchev–Trinajstić information content (AvgIpc) is 1.96. The molecule has 0 amide bonds. The fourth-order valence-corrected chi connectivity index (χ4v) is 2.00. The fourth-order valence-electron chi connectivity index (χ4n) is 2.00. The molecule has 0 aliphatic rings. The van der Waals surface area contributed by atoms with E-state index in [4.69, 9.17) is 4.74 Å². The first-order chi connectivity index (χ1) is 7.37. The quantitative estimate of drug-likeness (QED) is 0.728. The predicted molar refractivity (Wildman–Crippen MR) is 76.4 cm³/mol. The summed E-state index contributed by atoms with van der Waals surface area (Å²) in [5.74, 6) is 0. The highest BCUT2D eigenvalue weighted by Crippen LogP contribution is 2.42. The first-order valence-electron chi connectivity index (χ1n) is 6.66. The second kappa shape index (κ2) is 5.71. The highest BCUT2D eigenvalue weighted by atomic mass is 16.5. The highest BCUT2D eigenvalue weighted by Gasteiger charge is 2.41. The van der Waals surface area contributed by atoms with Gasteiger partial charge < -0.3 is 9.64 Å². The molecule has 0 aliphatic heterocycles. The summed E-state index contributed by atoms with van der Waals surface area (Å²) < 4.78 is 6.24. The Bertz CT molecular complexity index is 222. The van der Waals surface area contributed by atoms with Gasteiger partial charge in [-0.05, 0) is 38.3 Å². The lowest BCUT2D eigenvalue weighted by Crippen LogP contribution is -2.46.